The Morgan fingerprint density at radius 2 is 0.913 bits per heavy atom. The van der Waals surface area contributed by atoms with Crippen molar-refractivity contribution in [3.63, 3.8) is 0 Å². The van der Waals surface area contributed by atoms with Crippen LogP contribution in [0.2, 0.25) is 0 Å². The Morgan fingerprint density at radius 1 is 0.507 bits per heavy atom. The molecule has 0 spiro atoms. The number of hydrogen-bond donors (Lipinski definition) is 9. The number of carbonyl (C=O) groups excluding carboxylic acids is 1. The Kier molecular flexibility index (Phi) is 38.6. The average molecular weight is 986 g/mol. The summed E-state index contributed by atoms with van der Waals surface area (Å²) in [7, 11) is 0. The minimum absolute atomic E-state index is 0.248. The molecule has 1 amide bonds. The molecular weight excluding hydrogens is 883 g/mol. The molecule has 12 unspecified atom stereocenters. The molecule has 2 heterocycles. The molecule has 0 radical (unpaired) electrons. The number of aliphatic hydroxyl groups excluding tert-OH is 8. The summed E-state index contributed by atoms with van der Waals surface area (Å²) in [5, 5.41) is 86.9. The highest BCUT2D eigenvalue weighted by atomic mass is 16.7. The maximum Gasteiger partial charge on any atom is 0.220 e. The lowest BCUT2D eigenvalue weighted by atomic mass is 9.97. The molecule has 2 rings (SSSR count). The fraction of sp³-hybridized carbons (Fsp3) is 0.909. The quantitative estimate of drug-likeness (QED) is 0.0206. The summed E-state index contributed by atoms with van der Waals surface area (Å²) >= 11 is 0. The Hall–Kier alpha value is -1.53. The van der Waals surface area contributed by atoms with Crippen LogP contribution in [0.1, 0.15) is 226 Å². The number of allylic oxidation sites excluding steroid dienone is 3. The number of carbonyl (C=O) groups is 1. The lowest BCUT2D eigenvalue weighted by Gasteiger charge is -2.46. The normalized spacial score (nSPS) is 26.3. The fourth-order valence-corrected chi connectivity index (χ4v) is 9.29. The molecule has 9 N–H and O–H groups in total. The van der Waals surface area contributed by atoms with Crippen LogP contribution >= 0.6 is 0 Å². The highest BCUT2D eigenvalue weighted by Crippen LogP contribution is 2.30. The van der Waals surface area contributed by atoms with Gasteiger partial charge >= 0.3 is 0 Å². The molecule has 0 aromatic carbocycles. The second-order valence-electron chi connectivity index (χ2n) is 20.1. The maximum absolute atomic E-state index is 13.2. The Balaban J connectivity index is 1.77. The first-order valence-electron chi connectivity index (χ1n) is 28.1. The lowest BCUT2D eigenvalue weighted by Crippen LogP contribution is -2.65. The molecule has 0 bridgehead atoms. The van der Waals surface area contributed by atoms with Crippen molar-refractivity contribution in [2.45, 2.75) is 299 Å². The second kappa shape index (κ2) is 41.9. The second-order valence-corrected chi connectivity index (χ2v) is 20.1. The Bertz CT molecular complexity index is 1260. The van der Waals surface area contributed by atoms with E-state index in [1.807, 2.05) is 6.08 Å². The minimum atomic E-state index is -1.79. The van der Waals surface area contributed by atoms with Crippen LogP contribution in [-0.2, 0) is 23.7 Å². The van der Waals surface area contributed by atoms with Crippen LogP contribution in [0, 0.1) is 0 Å². The zero-order valence-corrected chi connectivity index (χ0v) is 43.3. The van der Waals surface area contributed by atoms with E-state index < -0.39 is 86.8 Å². The highest BCUT2D eigenvalue weighted by molar-refractivity contribution is 5.76. The lowest BCUT2D eigenvalue weighted by molar-refractivity contribution is -0.359. The van der Waals surface area contributed by atoms with Crippen LogP contribution in [0.25, 0.3) is 0 Å². The van der Waals surface area contributed by atoms with E-state index in [2.05, 4.69) is 31.3 Å². The molecule has 406 valence electrons. The van der Waals surface area contributed by atoms with Crippen LogP contribution in [0.5, 0.6) is 0 Å². The van der Waals surface area contributed by atoms with Gasteiger partial charge in [0.15, 0.2) is 12.6 Å². The van der Waals surface area contributed by atoms with Crippen molar-refractivity contribution in [2.24, 2.45) is 0 Å². The van der Waals surface area contributed by atoms with Crippen molar-refractivity contribution in [1.82, 2.24) is 5.32 Å². The minimum Gasteiger partial charge on any atom is -0.394 e. The smallest absolute Gasteiger partial charge is 0.220 e. The Morgan fingerprint density at radius 3 is 1.41 bits per heavy atom. The van der Waals surface area contributed by atoms with Crippen molar-refractivity contribution in [3.8, 4) is 0 Å². The van der Waals surface area contributed by atoms with Gasteiger partial charge in [-0.05, 0) is 44.9 Å². The van der Waals surface area contributed by atoms with Gasteiger partial charge in [-0.3, -0.25) is 4.79 Å². The van der Waals surface area contributed by atoms with E-state index in [0.29, 0.717) is 6.42 Å². The maximum atomic E-state index is 13.2. The predicted molar refractivity (Wildman–Crippen MR) is 272 cm³/mol. The molecule has 2 aliphatic heterocycles. The number of aliphatic hydroxyl groups is 8. The summed E-state index contributed by atoms with van der Waals surface area (Å²) in [6, 6.07) is -0.916. The third-order valence-corrected chi connectivity index (χ3v) is 13.9. The van der Waals surface area contributed by atoms with Gasteiger partial charge in [0, 0.05) is 6.42 Å². The van der Waals surface area contributed by atoms with E-state index in [1.165, 1.54) is 141 Å². The molecule has 0 aromatic heterocycles. The van der Waals surface area contributed by atoms with Crippen LogP contribution < -0.4 is 5.32 Å². The monoisotopic (exact) mass is 986 g/mol. The average Bonchev–Trinajstić information content (AvgIpc) is 3.35. The van der Waals surface area contributed by atoms with Crippen molar-refractivity contribution >= 4 is 5.91 Å². The van der Waals surface area contributed by atoms with Crippen LogP contribution in [0.3, 0.4) is 0 Å². The van der Waals surface area contributed by atoms with Gasteiger partial charge in [-0.2, -0.15) is 0 Å². The third kappa shape index (κ3) is 28.5. The molecular formula is C55H103NO13. The number of unbranched alkanes of at least 4 members (excludes halogenated alkanes) is 29. The molecule has 2 fully saturated rings. The van der Waals surface area contributed by atoms with Gasteiger partial charge < -0.3 is 65.1 Å². The highest BCUT2D eigenvalue weighted by Gasteiger charge is 2.51. The standard InChI is InChI=1S/C55H103NO13/c1-3-5-7-9-11-13-15-17-18-19-20-21-22-23-24-25-26-27-28-30-32-34-36-38-44(59)43(56-47(60)39-37-35-33-31-29-16-14-12-10-8-6-4-2)42-66-54-52(65)50(63)53(46(41-58)68-54)69-55-51(64)49(62)48(61)45(40-57)67-55/h12,14,36,38,43-46,48-55,57-59,61-65H,3-11,13,15-35,37,39-42H2,1-2H3,(H,56,60)/b14-12-,38-36+. The molecule has 0 saturated carbocycles. The summed E-state index contributed by atoms with van der Waals surface area (Å²) in [6.07, 6.45) is 30.8. The molecule has 12 atom stereocenters. The SMILES string of the molecule is CCCCC/C=C\CCCCCCCC(=O)NC(COC1OC(CO)C(OC2OC(CO)C(O)C(O)C2O)C(O)C1O)C(O)/C=C/CCCCCCCCCCCCCCCCCCCCCCC. The fourth-order valence-electron chi connectivity index (χ4n) is 9.29. The third-order valence-electron chi connectivity index (χ3n) is 13.9. The number of rotatable bonds is 44. The van der Waals surface area contributed by atoms with Gasteiger partial charge in [0.05, 0.1) is 32.0 Å². The van der Waals surface area contributed by atoms with Crippen molar-refractivity contribution in [1.29, 1.82) is 0 Å². The molecule has 14 heteroatoms. The van der Waals surface area contributed by atoms with Crippen LogP contribution in [-0.4, -0.2) is 140 Å². The van der Waals surface area contributed by atoms with Gasteiger partial charge in [0.1, 0.15) is 48.8 Å². The van der Waals surface area contributed by atoms with Gasteiger partial charge in [-0.25, -0.2) is 0 Å². The van der Waals surface area contributed by atoms with Gasteiger partial charge in [0.2, 0.25) is 5.91 Å². The Labute approximate surface area is 418 Å². The summed E-state index contributed by atoms with van der Waals surface area (Å²) in [5.41, 5.74) is 0. The molecule has 2 aliphatic rings. The van der Waals surface area contributed by atoms with Crippen molar-refractivity contribution < 1.29 is 64.6 Å². The van der Waals surface area contributed by atoms with E-state index >= 15 is 0 Å². The number of nitrogens with one attached hydrogen (secondary N) is 1. The molecule has 69 heavy (non-hydrogen) atoms. The number of hydrogen-bond acceptors (Lipinski definition) is 13. The van der Waals surface area contributed by atoms with E-state index in [-0.39, 0.29) is 18.9 Å². The first kappa shape index (κ1) is 63.6. The van der Waals surface area contributed by atoms with Gasteiger partial charge in [0.25, 0.3) is 0 Å². The summed E-state index contributed by atoms with van der Waals surface area (Å²) in [6.45, 7) is 2.77. The summed E-state index contributed by atoms with van der Waals surface area (Å²) in [4.78, 5) is 13.2. The number of amides is 1. The first-order chi connectivity index (χ1) is 33.6. The number of ether oxygens (including phenoxy) is 4. The van der Waals surface area contributed by atoms with E-state index in [1.54, 1.807) is 6.08 Å². The zero-order chi connectivity index (χ0) is 50.3. The summed E-state index contributed by atoms with van der Waals surface area (Å²) < 4.78 is 22.7. The zero-order valence-electron chi connectivity index (χ0n) is 43.3. The van der Waals surface area contributed by atoms with Gasteiger partial charge in [-0.15, -0.1) is 0 Å². The molecule has 2 saturated heterocycles. The topological polar surface area (TPSA) is 228 Å². The van der Waals surface area contributed by atoms with Crippen LogP contribution in [0.4, 0.5) is 0 Å². The molecule has 0 aromatic rings. The molecule has 14 nitrogen and oxygen atoms in total. The van der Waals surface area contributed by atoms with Crippen molar-refractivity contribution in [3.05, 3.63) is 24.3 Å². The van der Waals surface area contributed by atoms with E-state index in [0.717, 1.165) is 57.8 Å². The van der Waals surface area contributed by atoms with Crippen molar-refractivity contribution in [2.75, 3.05) is 19.8 Å². The van der Waals surface area contributed by atoms with E-state index in [4.69, 9.17) is 18.9 Å². The predicted octanol–water partition coefficient (Wildman–Crippen LogP) is 8.50. The summed E-state index contributed by atoms with van der Waals surface area (Å²) in [5.74, 6) is -0.248. The largest absolute Gasteiger partial charge is 0.394 e. The van der Waals surface area contributed by atoms with E-state index in [9.17, 15) is 45.6 Å². The first-order valence-corrected chi connectivity index (χ1v) is 28.1. The molecule has 0 aliphatic carbocycles. The van der Waals surface area contributed by atoms with Crippen LogP contribution in [0.15, 0.2) is 24.3 Å². The van der Waals surface area contributed by atoms with Gasteiger partial charge in [-0.1, -0.05) is 199 Å².